The average Bonchev–Trinajstić information content (AvgIpc) is 3.49. The minimum absolute atomic E-state index is 0.0276. The number of alkyl halides is 3. The molecule has 148 valence electrons. The van der Waals surface area contributed by atoms with Crippen molar-refractivity contribution in [3.63, 3.8) is 0 Å². The van der Waals surface area contributed by atoms with Crippen LogP contribution in [0.5, 0.6) is 5.75 Å². The van der Waals surface area contributed by atoms with Crippen molar-refractivity contribution < 1.29 is 22.7 Å². The predicted octanol–water partition coefficient (Wildman–Crippen LogP) is 4.88. The number of hydrogen-bond acceptors (Lipinski definition) is 2. The van der Waals surface area contributed by atoms with Crippen molar-refractivity contribution in [2.75, 3.05) is 13.1 Å². The molecule has 0 unspecified atom stereocenters. The van der Waals surface area contributed by atoms with E-state index in [9.17, 15) is 18.0 Å². The fraction of sp³-hybridized carbons (Fsp3) is 0.409. The first kappa shape index (κ1) is 18.8. The van der Waals surface area contributed by atoms with Crippen LogP contribution in [0.3, 0.4) is 0 Å². The topological polar surface area (TPSA) is 29.5 Å². The van der Waals surface area contributed by atoms with E-state index in [2.05, 4.69) is 0 Å². The number of likely N-dealkylation sites (tertiary alicyclic amines) is 1. The zero-order valence-corrected chi connectivity index (χ0v) is 15.4. The standard InChI is InChI=1S/C22H22F3NO2/c23-22(24,25)20-9-5-4-8-17(20)18-14-19(18)21(27)26-12-10-16(11-13-26)28-15-6-2-1-3-7-15/h1-9,16,18-19H,10-14H2/t18-,19+/m1/s1. The summed E-state index contributed by atoms with van der Waals surface area (Å²) in [5.41, 5.74) is -0.374. The van der Waals surface area contributed by atoms with Gasteiger partial charge < -0.3 is 9.64 Å². The molecule has 6 heteroatoms. The number of para-hydroxylation sites is 1. The lowest BCUT2D eigenvalue weighted by Gasteiger charge is -2.32. The number of hydrogen-bond donors (Lipinski definition) is 0. The molecule has 28 heavy (non-hydrogen) atoms. The van der Waals surface area contributed by atoms with Crippen LogP contribution in [-0.2, 0) is 11.0 Å². The molecule has 2 atom stereocenters. The van der Waals surface area contributed by atoms with Gasteiger partial charge in [-0.2, -0.15) is 13.2 Å². The Balaban J connectivity index is 1.34. The lowest BCUT2D eigenvalue weighted by Crippen LogP contribution is -2.42. The second-order valence-corrected chi connectivity index (χ2v) is 7.49. The number of nitrogens with zero attached hydrogens (tertiary/aromatic N) is 1. The number of amides is 1. The quantitative estimate of drug-likeness (QED) is 0.746. The van der Waals surface area contributed by atoms with Crippen molar-refractivity contribution in [2.24, 2.45) is 5.92 Å². The third-order valence-corrected chi connectivity index (χ3v) is 5.57. The first-order chi connectivity index (χ1) is 13.4. The van der Waals surface area contributed by atoms with Gasteiger partial charge in [0, 0.05) is 31.8 Å². The van der Waals surface area contributed by atoms with Crippen molar-refractivity contribution in [3.05, 3.63) is 65.7 Å². The fourth-order valence-corrected chi connectivity index (χ4v) is 4.01. The molecule has 2 aromatic rings. The van der Waals surface area contributed by atoms with Gasteiger partial charge in [-0.3, -0.25) is 4.79 Å². The number of carbonyl (C=O) groups excluding carboxylic acids is 1. The number of ether oxygens (including phenoxy) is 1. The van der Waals surface area contributed by atoms with Crippen LogP contribution in [-0.4, -0.2) is 30.0 Å². The van der Waals surface area contributed by atoms with E-state index in [0.29, 0.717) is 19.5 Å². The Morgan fingerprint density at radius 3 is 2.29 bits per heavy atom. The maximum absolute atomic E-state index is 13.2. The van der Waals surface area contributed by atoms with Gasteiger partial charge in [-0.25, -0.2) is 0 Å². The fourth-order valence-electron chi connectivity index (χ4n) is 4.01. The highest BCUT2D eigenvalue weighted by Gasteiger charge is 2.49. The summed E-state index contributed by atoms with van der Waals surface area (Å²) < 4.78 is 45.6. The van der Waals surface area contributed by atoms with Crippen LogP contribution in [0.2, 0.25) is 0 Å². The van der Waals surface area contributed by atoms with Crippen LogP contribution >= 0.6 is 0 Å². The molecular formula is C22H22F3NO2. The molecule has 1 aliphatic carbocycles. The van der Waals surface area contributed by atoms with E-state index in [0.717, 1.165) is 24.7 Å². The first-order valence-corrected chi connectivity index (χ1v) is 9.60. The molecule has 0 bridgehead atoms. The van der Waals surface area contributed by atoms with Crippen LogP contribution in [0, 0.1) is 5.92 Å². The van der Waals surface area contributed by atoms with Crippen LogP contribution in [0.25, 0.3) is 0 Å². The first-order valence-electron chi connectivity index (χ1n) is 9.60. The summed E-state index contributed by atoms with van der Waals surface area (Å²) >= 11 is 0. The number of carbonyl (C=O) groups is 1. The monoisotopic (exact) mass is 389 g/mol. The Labute approximate surface area is 162 Å². The summed E-state index contributed by atoms with van der Waals surface area (Å²) in [4.78, 5) is 14.6. The van der Waals surface area contributed by atoms with E-state index in [4.69, 9.17) is 4.74 Å². The van der Waals surface area contributed by atoms with Crippen LogP contribution in [0.4, 0.5) is 13.2 Å². The van der Waals surface area contributed by atoms with Gasteiger partial charge in [0.1, 0.15) is 11.9 Å². The molecule has 1 saturated heterocycles. The molecule has 0 aromatic heterocycles. The average molecular weight is 389 g/mol. The summed E-state index contributed by atoms with van der Waals surface area (Å²) in [6.45, 7) is 1.17. The van der Waals surface area contributed by atoms with Gasteiger partial charge in [-0.15, -0.1) is 0 Å². The van der Waals surface area contributed by atoms with Crippen LogP contribution in [0.15, 0.2) is 54.6 Å². The summed E-state index contributed by atoms with van der Waals surface area (Å²) in [7, 11) is 0. The van der Waals surface area contributed by atoms with Crippen molar-refractivity contribution in [3.8, 4) is 5.75 Å². The Bertz CT molecular complexity index is 829. The second-order valence-electron chi connectivity index (χ2n) is 7.49. The zero-order chi connectivity index (χ0) is 19.7. The molecule has 4 rings (SSSR count). The Morgan fingerprint density at radius 1 is 0.964 bits per heavy atom. The second kappa shape index (κ2) is 7.49. The summed E-state index contributed by atoms with van der Waals surface area (Å²) in [5, 5.41) is 0. The SMILES string of the molecule is O=C([C@H]1C[C@@H]1c1ccccc1C(F)(F)F)N1CCC(Oc2ccccc2)CC1. The lowest BCUT2D eigenvalue weighted by molar-refractivity contribution is -0.139. The van der Waals surface area contributed by atoms with Gasteiger partial charge >= 0.3 is 6.18 Å². The Kier molecular flexibility index (Phi) is 5.04. The predicted molar refractivity (Wildman–Crippen MR) is 99.0 cm³/mol. The van der Waals surface area contributed by atoms with Crippen molar-refractivity contribution in [1.82, 2.24) is 4.90 Å². The largest absolute Gasteiger partial charge is 0.490 e. The molecule has 1 saturated carbocycles. The molecule has 0 radical (unpaired) electrons. The van der Waals surface area contributed by atoms with E-state index in [1.165, 1.54) is 12.1 Å². The highest BCUT2D eigenvalue weighted by atomic mass is 19.4. The van der Waals surface area contributed by atoms with Gasteiger partial charge in [0.05, 0.1) is 5.56 Å². The van der Waals surface area contributed by atoms with Gasteiger partial charge in [0.2, 0.25) is 5.91 Å². The molecule has 2 aliphatic rings. The molecule has 1 heterocycles. The highest BCUT2D eigenvalue weighted by Crippen LogP contribution is 2.51. The molecule has 0 spiro atoms. The normalized spacial score (nSPS) is 22.8. The van der Waals surface area contributed by atoms with Crippen molar-refractivity contribution in [2.45, 2.75) is 37.5 Å². The lowest BCUT2D eigenvalue weighted by atomic mass is 10.0. The van der Waals surface area contributed by atoms with E-state index in [-0.39, 0.29) is 29.4 Å². The van der Waals surface area contributed by atoms with Crippen LogP contribution < -0.4 is 4.74 Å². The third-order valence-electron chi connectivity index (χ3n) is 5.57. The molecule has 2 aromatic carbocycles. The maximum atomic E-state index is 13.2. The number of piperidine rings is 1. The number of halogens is 3. The van der Waals surface area contributed by atoms with Gasteiger partial charge in [0.15, 0.2) is 0 Å². The molecule has 1 amide bonds. The Morgan fingerprint density at radius 2 is 1.61 bits per heavy atom. The summed E-state index contributed by atoms with van der Waals surface area (Å²) in [6, 6.07) is 15.2. The van der Waals surface area contributed by atoms with Crippen LogP contribution in [0.1, 0.15) is 36.3 Å². The molecule has 1 aliphatic heterocycles. The van der Waals surface area contributed by atoms with Gasteiger partial charge in [0.25, 0.3) is 0 Å². The Hall–Kier alpha value is -2.50. The van der Waals surface area contributed by atoms with E-state index < -0.39 is 11.7 Å². The minimum atomic E-state index is -4.39. The van der Waals surface area contributed by atoms with E-state index in [1.807, 2.05) is 30.3 Å². The number of rotatable bonds is 4. The van der Waals surface area contributed by atoms with Crippen molar-refractivity contribution in [1.29, 1.82) is 0 Å². The smallest absolute Gasteiger partial charge is 0.416 e. The third kappa shape index (κ3) is 4.01. The molecular weight excluding hydrogens is 367 g/mol. The summed E-state index contributed by atoms with van der Waals surface area (Å²) in [6.07, 6.45) is -2.37. The van der Waals surface area contributed by atoms with Gasteiger partial charge in [-0.05, 0) is 36.1 Å². The molecule has 2 fully saturated rings. The minimum Gasteiger partial charge on any atom is -0.490 e. The maximum Gasteiger partial charge on any atom is 0.416 e. The highest BCUT2D eigenvalue weighted by molar-refractivity contribution is 5.83. The number of benzene rings is 2. The van der Waals surface area contributed by atoms with Crippen molar-refractivity contribution >= 4 is 5.91 Å². The summed E-state index contributed by atoms with van der Waals surface area (Å²) in [5.74, 6) is 0.122. The zero-order valence-electron chi connectivity index (χ0n) is 15.4. The molecule has 0 N–H and O–H groups in total. The van der Waals surface area contributed by atoms with E-state index >= 15 is 0 Å². The molecule has 3 nitrogen and oxygen atoms in total. The van der Waals surface area contributed by atoms with Gasteiger partial charge in [-0.1, -0.05) is 36.4 Å². The van der Waals surface area contributed by atoms with E-state index in [1.54, 1.807) is 11.0 Å².